The molecular formula is C14H20F2N2O. The largest absolute Gasteiger partial charge is 0.352 e. The van der Waals surface area contributed by atoms with E-state index in [0.717, 1.165) is 25.2 Å². The fraction of sp³-hybridized carbons (Fsp3) is 0.500. The molecule has 1 heterocycles. The molecule has 1 aromatic carbocycles. The Kier molecular flexibility index (Phi) is 7.74. The molecule has 1 aliphatic rings. The number of carbonyl (C=O) groups excluding carboxylic acids is 1. The highest BCUT2D eigenvalue weighted by Gasteiger charge is 2.14. The van der Waals surface area contributed by atoms with Gasteiger partial charge in [-0.15, -0.1) is 0 Å². The number of alkyl halides is 2. The Labute approximate surface area is 112 Å². The van der Waals surface area contributed by atoms with Gasteiger partial charge in [0.25, 0.3) is 0 Å². The van der Waals surface area contributed by atoms with E-state index < -0.39 is 6.93 Å². The van der Waals surface area contributed by atoms with Crippen LogP contribution in [0.25, 0.3) is 0 Å². The second-order valence-electron chi connectivity index (χ2n) is 4.31. The van der Waals surface area contributed by atoms with Crippen molar-refractivity contribution in [1.29, 1.82) is 0 Å². The molecule has 106 valence electrons. The Bertz CT molecular complexity index is 356. The maximum atomic E-state index is 11.5. The van der Waals surface area contributed by atoms with Crippen molar-refractivity contribution >= 4 is 5.91 Å². The van der Waals surface area contributed by atoms with Crippen LogP contribution in [0, 0.1) is 0 Å². The summed E-state index contributed by atoms with van der Waals surface area (Å²) in [5.74, 6) is 0.149. The number of likely N-dealkylation sites (tertiary alicyclic amines) is 1. The van der Waals surface area contributed by atoms with E-state index in [1.807, 2.05) is 30.3 Å². The summed E-state index contributed by atoms with van der Waals surface area (Å²) in [4.78, 5) is 13.8. The van der Waals surface area contributed by atoms with Crippen LogP contribution in [0.15, 0.2) is 30.3 Å². The molecule has 19 heavy (non-hydrogen) atoms. The lowest BCUT2D eigenvalue weighted by Crippen LogP contribution is -2.39. The first-order valence-electron chi connectivity index (χ1n) is 6.41. The molecule has 1 amide bonds. The van der Waals surface area contributed by atoms with Gasteiger partial charge < -0.3 is 10.2 Å². The predicted octanol–water partition coefficient (Wildman–Crippen LogP) is 2.28. The van der Waals surface area contributed by atoms with Gasteiger partial charge in [-0.05, 0) is 25.1 Å². The standard InChI is InChI=1S/C13H18N2O.CH2F2/c16-13(7-10-15-8-4-9-15)14-11-12-5-2-1-3-6-12;2-1-3/h1-3,5-6H,4,7-11H2,(H,14,16);1H2. The van der Waals surface area contributed by atoms with E-state index in [4.69, 9.17) is 0 Å². The van der Waals surface area contributed by atoms with Crippen LogP contribution in [0.1, 0.15) is 18.4 Å². The molecule has 2 rings (SSSR count). The first-order valence-corrected chi connectivity index (χ1v) is 6.41. The van der Waals surface area contributed by atoms with Gasteiger partial charge in [-0.25, -0.2) is 8.78 Å². The van der Waals surface area contributed by atoms with Gasteiger partial charge in [0.2, 0.25) is 12.8 Å². The van der Waals surface area contributed by atoms with E-state index in [2.05, 4.69) is 10.2 Å². The molecule has 1 aromatic rings. The second-order valence-corrected chi connectivity index (χ2v) is 4.31. The molecule has 3 nitrogen and oxygen atoms in total. The number of hydrogen-bond donors (Lipinski definition) is 1. The van der Waals surface area contributed by atoms with Crippen LogP contribution >= 0.6 is 0 Å². The lowest BCUT2D eigenvalue weighted by Gasteiger charge is -2.30. The van der Waals surface area contributed by atoms with Crippen molar-refractivity contribution in [1.82, 2.24) is 10.2 Å². The van der Waals surface area contributed by atoms with Crippen molar-refractivity contribution in [3.63, 3.8) is 0 Å². The lowest BCUT2D eigenvalue weighted by molar-refractivity contribution is -0.121. The molecule has 0 aromatic heterocycles. The first kappa shape index (κ1) is 15.6. The van der Waals surface area contributed by atoms with E-state index >= 15 is 0 Å². The van der Waals surface area contributed by atoms with Crippen molar-refractivity contribution in [2.24, 2.45) is 0 Å². The quantitative estimate of drug-likeness (QED) is 0.890. The zero-order chi connectivity index (χ0) is 13.9. The highest BCUT2D eigenvalue weighted by atomic mass is 19.3. The highest BCUT2D eigenvalue weighted by Crippen LogP contribution is 2.05. The minimum atomic E-state index is -1.75. The summed E-state index contributed by atoms with van der Waals surface area (Å²) in [6.45, 7) is 2.11. The summed E-state index contributed by atoms with van der Waals surface area (Å²) < 4.78 is 19.2. The van der Waals surface area contributed by atoms with Crippen LogP contribution < -0.4 is 5.32 Å². The Balaban J connectivity index is 0.000000550. The van der Waals surface area contributed by atoms with Gasteiger partial charge >= 0.3 is 0 Å². The third-order valence-electron chi connectivity index (χ3n) is 2.94. The van der Waals surface area contributed by atoms with Crippen molar-refractivity contribution < 1.29 is 13.6 Å². The third-order valence-corrected chi connectivity index (χ3v) is 2.94. The first-order chi connectivity index (χ1) is 9.26. The van der Waals surface area contributed by atoms with Gasteiger partial charge in [-0.1, -0.05) is 30.3 Å². The number of nitrogens with zero attached hydrogens (tertiary/aromatic N) is 1. The SMILES string of the molecule is FCF.O=C(CCN1CCC1)NCc1ccccc1. The monoisotopic (exact) mass is 270 g/mol. The van der Waals surface area contributed by atoms with Crippen molar-refractivity contribution in [2.75, 3.05) is 26.6 Å². The van der Waals surface area contributed by atoms with Crippen molar-refractivity contribution in [2.45, 2.75) is 19.4 Å². The maximum Gasteiger partial charge on any atom is 0.229 e. The molecule has 0 saturated carbocycles. The van der Waals surface area contributed by atoms with Gasteiger partial charge in [0.15, 0.2) is 0 Å². The molecule has 1 aliphatic heterocycles. The topological polar surface area (TPSA) is 32.3 Å². The van der Waals surface area contributed by atoms with Gasteiger partial charge in [0.05, 0.1) is 0 Å². The second kappa shape index (κ2) is 9.44. The Hall–Kier alpha value is -1.49. The number of amides is 1. The van der Waals surface area contributed by atoms with Crippen LogP contribution in [-0.2, 0) is 11.3 Å². The summed E-state index contributed by atoms with van der Waals surface area (Å²) in [6.07, 6.45) is 1.90. The molecule has 1 fully saturated rings. The minimum Gasteiger partial charge on any atom is -0.352 e. The summed E-state index contributed by atoms with van der Waals surface area (Å²) in [6, 6.07) is 10.0. The van der Waals surface area contributed by atoms with Crippen LogP contribution in [0.5, 0.6) is 0 Å². The van der Waals surface area contributed by atoms with Crippen molar-refractivity contribution in [3.05, 3.63) is 35.9 Å². The zero-order valence-electron chi connectivity index (χ0n) is 10.9. The van der Waals surface area contributed by atoms with E-state index in [1.165, 1.54) is 6.42 Å². The molecule has 0 radical (unpaired) electrons. The van der Waals surface area contributed by atoms with E-state index in [1.54, 1.807) is 0 Å². The van der Waals surface area contributed by atoms with E-state index in [0.29, 0.717) is 13.0 Å². The van der Waals surface area contributed by atoms with Crippen LogP contribution in [-0.4, -0.2) is 37.4 Å². The van der Waals surface area contributed by atoms with Crippen LogP contribution in [0.2, 0.25) is 0 Å². The predicted molar refractivity (Wildman–Crippen MR) is 71.0 cm³/mol. The third kappa shape index (κ3) is 6.86. The van der Waals surface area contributed by atoms with Crippen LogP contribution in [0.3, 0.4) is 0 Å². The molecule has 0 spiro atoms. The summed E-state index contributed by atoms with van der Waals surface area (Å²) in [5.41, 5.74) is 1.15. The zero-order valence-corrected chi connectivity index (χ0v) is 10.9. The van der Waals surface area contributed by atoms with Gasteiger partial charge in [0.1, 0.15) is 0 Å². The Morgan fingerprint density at radius 3 is 2.37 bits per heavy atom. The average Bonchev–Trinajstić information content (AvgIpc) is 2.37. The minimum absolute atomic E-state index is 0.149. The summed E-state index contributed by atoms with van der Waals surface area (Å²) >= 11 is 0. The van der Waals surface area contributed by atoms with E-state index in [9.17, 15) is 13.6 Å². The molecular weight excluding hydrogens is 250 g/mol. The highest BCUT2D eigenvalue weighted by molar-refractivity contribution is 5.76. The maximum absolute atomic E-state index is 11.5. The Morgan fingerprint density at radius 2 is 1.84 bits per heavy atom. The molecule has 0 aliphatic carbocycles. The fourth-order valence-electron chi connectivity index (χ4n) is 1.75. The Morgan fingerprint density at radius 1 is 1.21 bits per heavy atom. The number of rotatable bonds is 5. The average molecular weight is 270 g/mol. The number of halogens is 2. The number of hydrogen-bond acceptors (Lipinski definition) is 2. The van der Waals surface area contributed by atoms with Gasteiger partial charge in [-0.2, -0.15) is 0 Å². The summed E-state index contributed by atoms with van der Waals surface area (Å²) in [5, 5.41) is 2.94. The molecule has 0 bridgehead atoms. The molecule has 1 N–H and O–H groups in total. The molecule has 0 atom stereocenters. The number of carbonyl (C=O) groups is 1. The van der Waals surface area contributed by atoms with Crippen molar-refractivity contribution in [3.8, 4) is 0 Å². The lowest BCUT2D eigenvalue weighted by atomic mass is 10.2. The smallest absolute Gasteiger partial charge is 0.229 e. The summed E-state index contributed by atoms with van der Waals surface area (Å²) in [7, 11) is 0. The molecule has 5 heteroatoms. The number of benzene rings is 1. The number of nitrogens with one attached hydrogen (secondary N) is 1. The molecule has 0 unspecified atom stereocenters. The van der Waals surface area contributed by atoms with E-state index in [-0.39, 0.29) is 5.91 Å². The van der Waals surface area contributed by atoms with Gasteiger partial charge in [0, 0.05) is 19.5 Å². The van der Waals surface area contributed by atoms with Gasteiger partial charge in [-0.3, -0.25) is 4.79 Å². The normalized spacial score (nSPS) is 14.0. The molecule has 1 saturated heterocycles. The fourth-order valence-corrected chi connectivity index (χ4v) is 1.75. The van der Waals surface area contributed by atoms with Crippen LogP contribution in [0.4, 0.5) is 8.78 Å².